The Labute approximate surface area is 60.2 Å². The van der Waals surface area contributed by atoms with Gasteiger partial charge in [-0.1, -0.05) is 12.0 Å². The molecule has 0 radical (unpaired) electrons. The van der Waals surface area contributed by atoms with Gasteiger partial charge in [-0.15, -0.1) is 13.0 Å². The molecular formula is C8H8N2. The van der Waals surface area contributed by atoms with Crippen LogP contribution in [0.15, 0.2) is 25.0 Å². The van der Waals surface area contributed by atoms with Crippen LogP contribution in [-0.4, -0.2) is 9.78 Å². The Bertz CT molecular complexity index is 265. The van der Waals surface area contributed by atoms with Gasteiger partial charge in [-0.2, -0.15) is 5.10 Å². The summed E-state index contributed by atoms with van der Waals surface area (Å²) in [7, 11) is 0. The molecule has 0 bridgehead atoms. The van der Waals surface area contributed by atoms with Crippen LogP contribution >= 0.6 is 0 Å². The molecule has 0 N–H and O–H groups in total. The molecule has 0 aliphatic rings. The van der Waals surface area contributed by atoms with E-state index in [9.17, 15) is 0 Å². The van der Waals surface area contributed by atoms with Crippen molar-refractivity contribution in [2.24, 2.45) is 0 Å². The minimum Gasteiger partial charge on any atom is -0.268 e. The lowest BCUT2D eigenvalue weighted by molar-refractivity contribution is 0.702. The topological polar surface area (TPSA) is 17.8 Å². The number of hydrogen-bond donors (Lipinski definition) is 0. The van der Waals surface area contributed by atoms with Crippen molar-refractivity contribution in [3.63, 3.8) is 0 Å². The SMILES string of the molecule is C#Cc1cnn(CC=C)c1. The summed E-state index contributed by atoms with van der Waals surface area (Å²) in [5.74, 6) is 2.49. The number of rotatable bonds is 2. The minimum atomic E-state index is 0.710. The van der Waals surface area contributed by atoms with Gasteiger partial charge in [0, 0.05) is 6.20 Å². The van der Waals surface area contributed by atoms with Crippen molar-refractivity contribution in [3.05, 3.63) is 30.6 Å². The summed E-state index contributed by atoms with van der Waals surface area (Å²) in [5.41, 5.74) is 0.807. The lowest BCUT2D eigenvalue weighted by atomic mass is 10.4. The van der Waals surface area contributed by atoms with Crippen LogP contribution in [0.2, 0.25) is 0 Å². The van der Waals surface area contributed by atoms with E-state index in [2.05, 4.69) is 17.6 Å². The van der Waals surface area contributed by atoms with Gasteiger partial charge in [0.05, 0.1) is 18.3 Å². The van der Waals surface area contributed by atoms with Gasteiger partial charge < -0.3 is 0 Å². The highest BCUT2D eigenvalue weighted by Gasteiger charge is 1.90. The van der Waals surface area contributed by atoms with Crippen molar-refractivity contribution in [3.8, 4) is 12.3 Å². The predicted molar refractivity (Wildman–Crippen MR) is 40.4 cm³/mol. The third-order valence-electron chi connectivity index (χ3n) is 1.12. The molecule has 0 saturated carbocycles. The van der Waals surface area contributed by atoms with E-state index in [0.717, 1.165) is 5.56 Å². The van der Waals surface area contributed by atoms with Gasteiger partial charge >= 0.3 is 0 Å². The van der Waals surface area contributed by atoms with E-state index < -0.39 is 0 Å². The molecule has 0 atom stereocenters. The first-order valence-corrected chi connectivity index (χ1v) is 2.97. The van der Waals surface area contributed by atoms with Crippen molar-refractivity contribution in [2.45, 2.75) is 6.54 Å². The third kappa shape index (κ3) is 1.26. The summed E-state index contributed by atoms with van der Waals surface area (Å²) in [5, 5.41) is 3.98. The molecule has 10 heavy (non-hydrogen) atoms. The first-order chi connectivity index (χ1) is 4.86. The average molecular weight is 132 g/mol. The maximum Gasteiger partial charge on any atom is 0.0646 e. The summed E-state index contributed by atoms with van der Waals surface area (Å²) in [4.78, 5) is 0. The fraction of sp³-hybridized carbons (Fsp3) is 0.125. The Balaban J connectivity index is 2.80. The van der Waals surface area contributed by atoms with Gasteiger partial charge in [0.15, 0.2) is 0 Å². The van der Waals surface area contributed by atoms with Crippen LogP contribution in [0.4, 0.5) is 0 Å². The molecule has 1 aromatic heterocycles. The van der Waals surface area contributed by atoms with Crippen molar-refractivity contribution in [1.82, 2.24) is 9.78 Å². The summed E-state index contributed by atoms with van der Waals surface area (Å²) in [6.07, 6.45) is 10.4. The molecule has 0 aliphatic carbocycles. The fourth-order valence-electron chi connectivity index (χ4n) is 0.670. The van der Waals surface area contributed by atoms with E-state index in [1.165, 1.54) is 0 Å². The molecule has 0 unspecified atom stereocenters. The third-order valence-corrected chi connectivity index (χ3v) is 1.12. The van der Waals surface area contributed by atoms with Crippen LogP contribution in [0.5, 0.6) is 0 Å². The van der Waals surface area contributed by atoms with Crippen LogP contribution in [0, 0.1) is 12.3 Å². The van der Waals surface area contributed by atoms with E-state index in [-0.39, 0.29) is 0 Å². The summed E-state index contributed by atoms with van der Waals surface area (Å²) in [6, 6.07) is 0. The number of terminal acetylenes is 1. The Morgan fingerprint density at radius 1 is 1.90 bits per heavy atom. The summed E-state index contributed by atoms with van der Waals surface area (Å²) in [6.45, 7) is 4.29. The van der Waals surface area contributed by atoms with E-state index >= 15 is 0 Å². The largest absolute Gasteiger partial charge is 0.268 e. The zero-order valence-electron chi connectivity index (χ0n) is 5.62. The van der Waals surface area contributed by atoms with Crippen LogP contribution in [-0.2, 0) is 6.54 Å². The molecule has 50 valence electrons. The number of nitrogens with zero attached hydrogens (tertiary/aromatic N) is 2. The second kappa shape index (κ2) is 2.88. The van der Waals surface area contributed by atoms with Gasteiger partial charge in [0.2, 0.25) is 0 Å². The second-order valence-corrected chi connectivity index (χ2v) is 1.88. The van der Waals surface area contributed by atoms with Crippen LogP contribution in [0.25, 0.3) is 0 Å². The molecule has 0 aliphatic heterocycles. The number of aromatic nitrogens is 2. The maximum absolute atomic E-state index is 5.13. The van der Waals surface area contributed by atoms with E-state index in [1.807, 2.05) is 6.20 Å². The highest BCUT2D eigenvalue weighted by molar-refractivity contribution is 5.26. The lowest BCUT2D eigenvalue weighted by Gasteiger charge is -1.89. The smallest absolute Gasteiger partial charge is 0.0646 e. The van der Waals surface area contributed by atoms with Crippen LogP contribution in [0.3, 0.4) is 0 Å². The number of allylic oxidation sites excluding steroid dienone is 1. The normalized spacial score (nSPS) is 8.70. The summed E-state index contributed by atoms with van der Waals surface area (Å²) < 4.78 is 1.74. The average Bonchev–Trinajstić information content (AvgIpc) is 2.37. The van der Waals surface area contributed by atoms with Gasteiger partial charge in [-0.05, 0) is 0 Å². The molecule has 0 aromatic carbocycles. The van der Waals surface area contributed by atoms with Crippen molar-refractivity contribution >= 4 is 0 Å². The fourth-order valence-corrected chi connectivity index (χ4v) is 0.670. The van der Waals surface area contributed by atoms with Crippen molar-refractivity contribution < 1.29 is 0 Å². The second-order valence-electron chi connectivity index (χ2n) is 1.88. The Morgan fingerprint density at radius 2 is 2.70 bits per heavy atom. The van der Waals surface area contributed by atoms with E-state index in [0.29, 0.717) is 6.54 Å². The quantitative estimate of drug-likeness (QED) is 0.434. The molecule has 1 rings (SSSR count). The summed E-state index contributed by atoms with van der Waals surface area (Å²) >= 11 is 0. The van der Waals surface area contributed by atoms with Crippen molar-refractivity contribution in [1.29, 1.82) is 0 Å². The molecule has 1 aromatic rings. The number of hydrogen-bond acceptors (Lipinski definition) is 1. The van der Waals surface area contributed by atoms with Gasteiger partial charge in [-0.25, -0.2) is 0 Å². The van der Waals surface area contributed by atoms with Gasteiger partial charge in [0.1, 0.15) is 0 Å². The molecule has 0 fully saturated rings. The molecule has 2 nitrogen and oxygen atoms in total. The molecule has 0 spiro atoms. The lowest BCUT2D eigenvalue weighted by Crippen LogP contribution is -1.93. The zero-order chi connectivity index (χ0) is 7.40. The first kappa shape index (κ1) is 6.63. The van der Waals surface area contributed by atoms with E-state index in [4.69, 9.17) is 6.42 Å². The van der Waals surface area contributed by atoms with Crippen LogP contribution in [0.1, 0.15) is 5.56 Å². The predicted octanol–water partition coefficient (Wildman–Crippen LogP) is 1.05. The highest BCUT2D eigenvalue weighted by Crippen LogP contribution is 1.93. The van der Waals surface area contributed by atoms with Gasteiger partial charge in [0.25, 0.3) is 0 Å². The monoisotopic (exact) mass is 132 g/mol. The molecular weight excluding hydrogens is 124 g/mol. The van der Waals surface area contributed by atoms with E-state index in [1.54, 1.807) is 17.0 Å². The van der Waals surface area contributed by atoms with Crippen molar-refractivity contribution in [2.75, 3.05) is 0 Å². The first-order valence-electron chi connectivity index (χ1n) is 2.97. The molecule has 0 amide bonds. The Morgan fingerprint density at radius 3 is 3.20 bits per heavy atom. The molecule has 2 heteroatoms. The molecule has 0 saturated heterocycles. The maximum atomic E-state index is 5.13. The van der Waals surface area contributed by atoms with Crippen LogP contribution < -0.4 is 0 Å². The Kier molecular flexibility index (Phi) is 1.91. The molecule has 1 heterocycles. The highest BCUT2D eigenvalue weighted by atomic mass is 15.3. The zero-order valence-corrected chi connectivity index (χ0v) is 5.62. The Hall–Kier alpha value is -1.49. The van der Waals surface area contributed by atoms with Gasteiger partial charge in [-0.3, -0.25) is 4.68 Å². The minimum absolute atomic E-state index is 0.710. The standard InChI is InChI=1S/C8H8N2/c1-3-5-10-7-8(4-2)6-9-10/h2-3,6-7H,1,5H2.